The minimum Gasteiger partial charge on any atom is -0.361 e. The van der Waals surface area contributed by atoms with Gasteiger partial charge in [0.2, 0.25) is 5.91 Å². The van der Waals surface area contributed by atoms with Crippen molar-refractivity contribution in [1.82, 2.24) is 15.5 Å². The van der Waals surface area contributed by atoms with Crippen LogP contribution in [0, 0.1) is 34.5 Å². The molecule has 2 saturated carbocycles. The first-order valence-corrected chi connectivity index (χ1v) is 12.0. The Morgan fingerprint density at radius 3 is 2.79 bits per heavy atom. The number of ether oxygens (including phenoxy) is 1. The molecule has 2 aliphatic heterocycles. The molecule has 0 bridgehead atoms. The van der Waals surface area contributed by atoms with E-state index in [9.17, 15) is 23.2 Å². The Morgan fingerprint density at radius 1 is 1.39 bits per heavy atom. The summed E-state index contributed by atoms with van der Waals surface area (Å²) < 4.78 is 46.3. The Bertz CT molecular complexity index is 813. The molecule has 4 N–H and O–H groups in total. The summed E-state index contributed by atoms with van der Waals surface area (Å²) in [5.41, 5.74) is 5.79. The molecule has 4 aliphatic rings. The molecule has 3 fully saturated rings. The fraction of sp³-hybridized carbons (Fsp3) is 0.818. The molecular weight excluding hydrogens is 459 g/mol. The third-order valence-electron chi connectivity index (χ3n) is 7.46. The molecule has 6 unspecified atom stereocenters. The van der Waals surface area contributed by atoms with Crippen LogP contribution >= 0.6 is 11.6 Å². The summed E-state index contributed by atoms with van der Waals surface area (Å²) in [5.74, 6) is -1.96. The van der Waals surface area contributed by atoms with E-state index in [4.69, 9.17) is 22.1 Å². The summed E-state index contributed by atoms with van der Waals surface area (Å²) in [6, 6.07) is 2.15. The first-order chi connectivity index (χ1) is 15.7. The maximum Gasteiger partial charge on any atom is 0.393 e. The van der Waals surface area contributed by atoms with Crippen molar-refractivity contribution in [3.05, 3.63) is 11.6 Å². The predicted octanol–water partition coefficient (Wildman–Crippen LogP) is 2.08. The van der Waals surface area contributed by atoms with Crippen LogP contribution in [-0.2, 0) is 9.53 Å². The molecule has 2 aliphatic carbocycles. The van der Waals surface area contributed by atoms with Crippen molar-refractivity contribution in [3.8, 4) is 6.07 Å². The maximum atomic E-state index is 13.4. The summed E-state index contributed by atoms with van der Waals surface area (Å²) in [4.78, 5) is 14.4. The van der Waals surface area contributed by atoms with Gasteiger partial charge in [-0.1, -0.05) is 6.08 Å². The molecule has 4 rings (SSSR count). The van der Waals surface area contributed by atoms with Gasteiger partial charge in [-0.15, -0.1) is 11.6 Å². The fourth-order valence-electron chi connectivity index (χ4n) is 5.31. The van der Waals surface area contributed by atoms with E-state index in [1.54, 1.807) is 4.90 Å². The molecule has 0 radical (unpaired) electrons. The molecule has 11 heteroatoms. The number of halogens is 4. The van der Waals surface area contributed by atoms with E-state index in [-0.39, 0.29) is 30.3 Å². The van der Waals surface area contributed by atoms with Crippen LogP contribution in [0.2, 0.25) is 0 Å². The van der Waals surface area contributed by atoms with Crippen LogP contribution in [0.1, 0.15) is 32.1 Å². The average molecular weight is 490 g/mol. The molecule has 1 saturated heterocycles. The van der Waals surface area contributed by atoms with Gasteiger partial charge in [-0.2, -0.15) is 18.4 Å². The number of nitrogens with two attached hydrogens (primary N) is 1. The summed E-state index contributed by atoms with van der Waals surface area (Å²) in [7, 11) is 0. The molecule has 0 spiro atoms. The summed E-state index contributed by atoms with van der Waals surface area (Å²) >= 11 is 6.00. The lowest BCUT2D eigenvalue weighted by atomic mass is 9.78. The Labute approximate surface area is 196 Å². The SMILES string of the molecule is N#CC1(C(=O)N2CC=C(C3CNC(C4CCC(Cl)C(C(F)(F)F)C4)NC3OCCN)C2)CC1. The third-order valence-corrected chi connectivity index (χ3v) is 7.99. The van der Waals surface area contributed by atoms with Gasteiger partial charge >= 0.3 is 6.18 Å². The maximum absolute atomic E-state index is 13.4. The van der Waals surface area contributed by atoms with Crippen molar-refractivity contribution in [2.75, 3.05) is 32.8 Å². The molecule has 6 atom stereocenters. The standard InChI is InChI=1S/C22H31ClF3N5O2/c23-17-2-1-13(9-16(17)22(24,25)26)18-29-10-15(19(30-18)33-8-6-27)14-3-7-31(11-14)20(32)21(12-28)4-5-21/h3,13,15-19,29-30H,1-2,4-11,27H2. The Hall–Kier alpha value is -1.38. The first-order valence-electron chi connectivity index (χ1n) is 11.6. The van der Waals surface area contributed by atoms with E-state index in [0.717, 1.165) is 5.57 Å². The van der Waals surface area contributed by atoms with E-state index in [1.165, 1.54) is 0 Å². The van der Waals surface area contributed by atoms with Crippen molar-refractivity contribution < 1.29 is 22.7 Å². The highest BCUT2D eigenvalue weighted by atomic mass is 35.5. The van der Waals surface area contributed by atoms with Crippen LogP contribution in [0.4, 0.5) is 13.2 Å². The van der Waals surface area contributed by atoms with E-state index < -0.39 is 29.1 Å². The van der Waals surface area contributed by atoms with Gasteiger partial charge in [0.1, 0.15) is 11.6 Å². The largest absolute Gasteiger partial charge is 0.393 e. The Morgan fingerprint density at radius 2 is 2.15 bits per heavy atom. The predicted molar refractivity (Wildman–Crippen MR) is 116 cm³/mol. The number of rotatable bonds is 6. The zero-order chi connectivity index (χ0) is 23.8. The summed E-state index contributed by atoms with van der Waals surface area (Å²) in [6.07, 6.45) is -0.976. The summed E-state index contributed by atoms with van der Waals surface area (Å²) in [6.45, 7) is 2.03. The van der Waals surface area contributed by atoms with Crippen molar-refractivity contribution in [1.29, 1.82) is 5.26 Å². The number of nitrogens with one attached hydrogen (secondary N) is 2. The second-order valence-electron chi connectivity index (χ2n) is 9.64. The normalized spacial score (nSPS) is 36.2. The van der Waals surface area contributed by atoms with E-state index in [0.29, 0.717) is 58.5 Å². The van der Waals surface area contributed by atoms with Crippen molar-refractivity contribution in [3.63, 3.8) is 0 Å². The number of alkyl halides is 4. The van der Waals surface area contributed by atoms with E-state index >= 15 is 0 Å². The zero-order valence-corrected chi connectivity index (χ0v) is 19.2. The molecule has 7 nitrogen and oxygen atoms in total. The highest BCUT2D eigenvalue weighted by Gasteiger charge is 2.53. The lowest BCUT2D eigenvalue weighted by molar-refractivity contribution is -0.186. The molecule has 1 amide bonds. The van der Waals surface area contributed by atoms with Gasteiger partial charge in [0.05, 0.1) is 24.8 Å². The van der Waals surface area contributed by atoms with Gasteiger partial charge < -0.3 is 20.7 Å². The highest BCUT2D eigenvalue weighted by molar-refractivity contribution is 6.20. The quantitative estimate of drug-likeness (QED) is 0.390. The first kappa shape index (κ1) is 24.7. The second-order valence-corrected chi connectivity index (χ2v) is 10.2. The molecular formula is C22H31ClF3N5O2. The molecule has 184 valence electrons. The summed E-state index contributed by atoms with van der Waals surface area (Å²) in [5, 5.41) is 15.2. The topological polar surface area (TPSA) is 103 Å². The van der Waals surface area contributed by atoms with Crippen molar-refractivity contribution in [2.45, 2.75) is 56.1 Å². The van der Waals surface area contributed by atoms with E-state index in [1.807, 2.05) is 6.08 Å². The van der Waals surface area contributed by atoms with Crippen LogP contribution in [0.25, 0.3) is 0 Å². The van der Waals surface area contributed by atoms with Crippen molar-refractivity contribution in [2.24, 2.45) is 28.9 Å². The minimum absolute atomic E-state index is 0.0299. The van der Waals surface area contributed by atoms with Gasteiger partial charge in [0, 0.05) is 37.5 Å². The van der Waals surface area contributed by atoms with Crippen LogP contribution in [-0.4, -0.2) is 67.5 Å². The molecule has 0 aromatic carbocycles. The smallest absolute Gasteiger partial charge is 0.361 e. The number of hydrogen-bond acceptors (Lipinski definition) is 6. The van der Waals surface area contributed by atoms with Gasteiger partial charge in [-0.05, 0) is 43.6 Å². The van der Waals surface area contributed by atoms with Gasteiger partial charge in [-0.3, -0.25) is 10.1 Å². The Balaban J connectivity index is 1.40. The molecule has 0 aromatic rings. The lowest BCUT2D eigenvalue weighted by Gasteiger charge is -2.45. The molecule has 2 heterocycles. The second kappa shape index (κ2) is 9.70. The third kappa shape index (κ3) is 5.17. The molecule has 33 heavy (non-hydrogen) atoms. The van der Waals surface area contributed by atoms with Gasteiger partial charge in [-0.25, -0.2) is 0 Å². The van der Waals surface area contributed by atoms with E-state index in [2.05, 4.69) is 16.7 Å². The van der Waals surface area contributed by atoms with Gasteiger partial charge in [0.25, 0.3) is 0 Å². The monoisotopic (exact) mass is 489 g/mol. The van der Waals surface area contributed by atoms with Crippen LogP contribution in [0.3, 0.4) is 0 Å². The minimum atomic E-state index is -4.31. The van der Waals surface area contributed by atoms with Crippen LogP contribution in [0.15, 0.2) is 11.6 Å². The number of hydrogen-bond donors (Lipinski definition) is 3. The number of nitrogens with zero attached hydrogens (tertiary/aromatic N) is 2. The number of nitriles is 1. The Kier molecular flexibility index (Phi) is 7.27. The van der Waals surface area contributed by atoms with Gasteiger partial charge in [0.15, 0.2) is 0 Å². The lowest BCUT2D eigenvalue weighted by Crippen LogP contribution is -2.63. The average Bonchev–Trinajstić information content (AvgIpc) is 3.45. The van der Waals surface area contributed by atoms with Crippen molar-refractivity contribution >= 4 is 17.5 Å². The highest BCUT2D eigenvalue weighted by Crippen LogP contribution is 2.47. The number of carbonyl (C=O) groups excluding carboxylic acids is 1. The fourth-order valence-corrected chi connectivity index (χ4v) is 5.68. The molecule has 0 aromatic heterocycles. The van der Waals surface area contributed by atoms with Crippen LogP contribution in [0.5, 0.6) is 0 Å². The number of carbonyl (C=O) groups is 1. The zero-order valence-electron chi connectivity index (χ0n) is 18.4. The number of amides is 1. The van der Waals surface area contributed by atoms with Crippen LogP contribution < -0.4 is 16.4 Å².